The molecule has 0 spiro atoms. The van der Waals surface area contributed by atoms with Gasteiger partial charge in [-0.15, -0.1) is 0 Å². The molecule has 0 radical (unpaired) electrons. The van der Waals surface area contributed by atoms with Gasteiger partial charge in [0.05, 0.1) is 0 Å². The zero-order valence-electron chi connectivity index (χ0n) is 15.1. The molecule has 5 rings (SSSR count). The first-order valence-corrected chi connectivity index (χ1v) is 9.97. The molecule has 1 aliphatic heterocycles. The second-order valence-electron chi connectivity index (χ2n) is 9.52. The average Bonchev–Trinajstić information content (AvgIpc) is 2.51. The van der Waals surface area contributed by atoms with E-state index in [1.54, 1.807) is 0 Å². The summed E-state index contributed by atoms with van der Waals surface area (Å²) in [5.74, 6) is 3.45. The van der Waals surface area contributed by atoms with Crippen molar-refractivity contribution in [1.29, 1.82) is 0 Å². The number of carbonyl (C=O) groups excluding carboxylic acids is 1. The van der Waals surface area contributed by atoms with Gasteiger partial charge in [0.1, 0.15) is 0 Å². The van der Waals surface area contributed by atoms with Crippen molar-refractivity contribution in [2.75, 3.05) is 27.2 Å². The fraction of sp³-hybridized carbons (Fsp3) is 0.950. The summed E-state index contributed by atoms with van der Waals surface area (Å²) < 4.78 is 0. The van der Waals surface area contributed by atoms with Gasteiger partial charge in [-0.05, 0) is 95.1 Å². The number of amides is 1. The monoisotopic (exact) mass is 318 g/mol. The van der Waals surface area contributed by atoms with Gasteiger partial charge in [0, 0.05) is 25.6 Å². The first kappa shape index (κ1) is 15.9. The summed E-state index contributed by atoms with van der Waals surface area (Å²) in [7, 11) is 4.29. The molecule has 23 heavy (non-hydrogen) atoms. The molecule has 3 heteroatoms. The summed E-state index contributed by atoms with van der Waals surface area (Å²) in [6.45, 7) is 1.94. The molecule has 0 aromatic carbocycles. The highest BCUT2D eigenvalue weighted by Gasteiger charge is 2.50. The largest absolute Gasteiger partial charge is 0.341 e. The smallest absolute Gasteiger partial charge is 0.222 e. The van der Waals surface area contributed by atoms with Crippen LogP contribution in [-0.2, 0) is 4.79 Å². The van der Waals surface area contributed by atoms with Crippen molar-refractivity contribution in [3.05, 3.63) is 0 Å². The van der Waals surface area contributed by atoms with Crippen LogP contribution in [0.4, 0.5) is 0 Å². The minimum Gasteiger partial charge on any atom is -0.341 e. The number of piperidine rings is 1. The van der Waals surface area contributed by atoms with E-state index >= 15 is 0 Å². The number of hydrogen-bond acceptors (Lipinski definition) is 2. The van der Waals surface area contributed by atoms with Gasteiger partial charge < -0.3 is 9.80 Å². The molecule has 4 saturated carbocycles. The Morgan fingerprint density at radius 3 is 2.26 bits per heavy atom. The summed E-state index contributed by atoms with van der Waals surface area (Å²) in [6.07, 6.45) is 13.2. The van der Waals surface area contributed by atoms with Crippen LogP contribution in [0.2, 0.25) is 0 Å². The predicted molar refractivity (Wildman–Crippen MR) is 93.1 cm³/mol. The Balaban J connectivity index is 1.33. The van der Waals surface area contributed by atoms with Crippen LogP contribution in [0, 0.1) is 23.2 Å². The average molecular weight is 319 g/mol. The lowest BCUT2D eigenvalue weighted by molar-refractivity contribution is -0.135. The fourth-order valence-electron chi connectivity index (χ4n) is 6.73. The van der Waals surface area contributed by atoms with Gasteiger partial charge in [0.25, 0.3) is 0 Å². The van der Waals surface area contributed by atoms with Crippen molar-refractivity contribution in [2.24, 2.45) is 23.2 Å². The van der Waals surface area contributed by atoms with Gasteiger partial charge in [-0.25, -0.2) is 0 Å². The number of likely N-dealkylation sites (N-methyl/N-ethyl adjacent to an activating group) is 1. The maximum Gasteiger partial charge on any atom is 0.222 e. The minimum absolute atomic E-state index is 0.437. The summed E-state index contributed by atoms with van der Waals surface area (Å²) in [4.78, 5) is 17.2. The molecule has 1 heterocycles. The van der Waals surface area contributed by atoms with E-state index in [1.165, 1.54) is 57.8 Å². The van der Waals surface area contributed by atoms with Crippen molar-refractivity contribution in [3.63, 3.8) is 0 Å². The van der Waals surface area contributed by atoms with Crippen LogP contribution in [0.25, 0.3) is 0 Å². The molecule has 1 amide bonds. The molecule has 5 fully saturated rings. The first-order chi connectivity index (χ1) is 11.0. The van der Waals surface area contributed by atoms with Crippen LogP contribution in [0.3, 0.4) is 0 Å². The second-order valence-corrected chi connectivity index (χ2v) is 9.52. The number of rotatable bonds is 4. The normalized spacial score (nSPS) is 42.5. The minimum atomic E-state index is 0.437. The summed E-state index contributed by atoms with van der Waals surface area (Å²) in [6, 6.07) is 0.562. The van der Waals surface area contributed by atoms with E-state index in [0.717, 1.165) is 37.3 Å². The van der Waals surface area contributed by atoms with E-state index in [1.807, 2.05) is 0 Å². The number of hydrogen-bond donors (Lipinski definition) is 0. The SMILES string of the molecule is CN(C)C1CCCN(C(=O)CCC23CC4CC(CC(C4)C2)C3)C1. The van der Waals surface area contributed by atoms with Gasteiger partial charge in [-0.1, -0.05) is 0 Å². The van der Waals surface area contributed by atoms with Crippen molar-refractivity contribution < 1.29 is 4.79 Å². The summed E-state index contributed by atoms with van der Waals surface area (Å²) >= 11 is 0. The first-order valence-electron chi connectivity index (χ1n) is 9.97. The highest BCUT2D eigenvalue weighted by atomic mass is 16.2. The number of carbonyl (C=O) groups is 1. The molecule has 4 bridgehead atoms. The molecule has 1 saturated heterocycles. The molecule has 1 atom stereocenters. The zero-order chi connectivity index (χ0) is 16.0. The maximum absolute atomic E-state index is 12.8. The van der Waals surface area contributed by atoms with Crippen LogP contribution in [0.1, 0.15) is 64.2 Å². The number of nitrogens with zero attached hydrogens (tertiary/aromatic N) is 2. The van der Waals surface area contributed by atoms with E-state index in [-0.39, 0.29) is 0 Å². The molecule has 0 N–H and O–H groups in total. The Hall–Kier alpha value is -0.570. The van der Waals surface area contributed by atoms with Crippen LogP contribution >= 0.6 is 0 Å². The molecular weight excluding hydrogens is 284 g/mol. The lowest BCUT2D eigenvalue weighted by Crippen LogP contribution is -2.49. The topological polar surface area (TPSA) is 23.6 Å². The third-order valence-corrected chi connectivity index (χ3v) is 7.51. The standard InChI is InChI=1S/C20H34N2O/c1-21(2)18-4-3-7-22(14-18)19(23)5-6-20-11-15-8-16(12-20)10-17(9-15)13-20/h15-18H,3-14H2,1-2H3. The fourth-order valence-corrected chi connectivity index (χ4v) is 6.73. The third kappa shape index (κ3) is 3.18. The predicted octanol–water partition coefficient (Wildman–Crippen LogP) is 3.54. The van der Waals surface area contributed by atoms with Crippen LogP contribution < -0.4 is 0 Å². The highest BCUT2D eigenvalue weighted by molar-refractivity contribution is 5.76. The maximum atomic E-state index is 12.8. The molecule has 5 aliphatic rings. The second kappa shape index (κ2) is 6.06. The van der Waals surface area contributed by atoms with E-state index in [4.69, 9.17) is 0 Å². The molecule has 1 unspecified atom stereocenters. The van der Waals surface area contributed by atoms with Crippen molar-refractivity contribution in [2.45, 2.75) is 70.3 Å². The van der Waals surface area contributed by atoms with E-state index in [9.17, 15) is 4.79 Å². The summed E-state index contributed by atoms with van der Waals surface area (Å²) in [5.41, 5.74) is 0.557. The Morgan fingerprint density at radius 1 is 1.09 bits per heavy atom. The Bertz CT molecular complexity index is 423. The van der Waals surface area contributed by atoms with Gasteiger partial charge in [-0.2, -0.15) is 0 Å². The highest BCUT2D eigenvalue weighted by Crippen LogP contribution is 2.61. The van der Waals surface area contributed by atoms with Crippen LogP contribution in [-0.4, -0.2) is 48.9 Å². The Labute approximate surface area is 141 Å². The van der Waals surface area contributed by atoms with E-state index < -0.39 is 0 Å². The third-order valence-electron chi connectivity index (χ3n) is 7.51. The Kier molecular flexibility index (Phi) is 4.19. The lowest BCUT2D eigenvalue weighted by atomic mass is 9.48. The summed E-state index contributed by atoms with van der Waals surface area (Å²) in [5, 5.41) is 0. The molecule has 0 aromatic rings. The zero-order valence-corrected chi connectivity index (χ0v) is 15.1. The van der Waals surface area contributed by atoms with E-state index in [2.05, 4.69) is 23.9 Å². The van der Waals surface area contributed by atoms with Gasteiger partial charge in [-0.3, -0.25) is 4.79 Å². The molecular formula is C20H34N2O. The van der Waals surface area contributed by atoms with Gasteiger partial charge in [0.15, 0.2) is 0 Å². The van der Waals surface area contributed by atoms with Crippen molar-refractivity contribution in [1.82, 2.24) is 9.80 Å². The lowest BCUT2D eigenvalue weighted by Gasteiger charge is -2.57. The van der Waals surface area contributed by atoms with E-state index in [0.29, 0.717) is 17.4 Å². The quantitative estimate of drug-likeness (QED) is 0.791. The van der Waals surface area contributed by atoms with Gasteiger partial charge >= 0.3 is 0 Å². The van der Waals surface area contributed by atoms with Crippen molar-refractivity contribution in [3.8, 4) is 0 Å². The molecule has 130 valence electrons. The van der Waals surface area contributed by atoms with Crippen molar-refractivity contribution >= 4 is 5.91 Å². The van der Waals surface area contributed by atoms with Crippen LogP contribution in [0.5, 0.6) is 0 Å². The number of likely N-dealkylation sites (tertiary alicyclic amines) is 1. The molecule has 0 aromatic heterocycles. The molecule has 4 aliphatic carbocycles. The Morgan fingerprint density at radius 2 is 1.70 bits per heavy atom. The van der Waals surface area contributed by atoms with Crippen LogP contribution in [0.15, 0.2) is 0 Å². The molecule has 3 nitrogen and oxygen atoms in total. The van der Waals surface area contributed by atoms with Gasteiger partial charge in [0.2, 0.25) is 5.91 Å².